The number of aliphatic hydroxyl groups excluding tert-OH is 1. The molecule has 1 amide bonds. The molecule has 1 unspecified atom stereocenters. The van der Waals surface area contributed by atoms with Gasteiger partial charge in [-0.2, -0.15) is 0 Å². The predicted octanol–water partition coefficient (Wildman–Crippen LogP) is 0.502. The molecule has 4 heteroatoms. The SMILES string of the molecule is CC1(C(=O)N2CCC[C@H]2CO)CCCCN1. The first-order valence-corrected chi connectivity index (χ1v) is 6.34. The fourth-order valence-corrected chi connectivity index (χ4v) is 2.85. The summed E-state index contributed by atoms with van der Waals surface area (Å²) in [6, 6.07) is 0.0491. The molecule has 2 atom stereocenters. The van der Waals surface area contributed by atoms with Gasteiger partial charge in [0.2, 0.25) is 5.91 Å². The summed E-state index contributed by atoms with van der Waals surface area (Å²) in [7, 11) is 0. The molecule has 2 aliphatic heterocycles. The van der Waals surface area contributed by atoms with E-state index in [1.807, 2.05) is 11.8 Å². The van der Waals surface area contributed by atoms with Crippen molar-refractivity contribution in [2.24, 2.45) is 0 Å². The second-order valence-corrected chi connectivity index (χ2v) is 5.19. The van der Waals surface area contributed by atoms with Crippen LogP contribution in [0.4, 0.5) is 0 Å². The summed E-state index contributed by atoms with van der Waals surface area (Å²) in [4.78, 5) is 14.3. The van der Waals surface area contributed by atoms with Gasteiger partial charge in [-0.3, -0.25) is 4.79 Å². The number of rotatable bonds is 2. The lowest BCUT2D eigenvalue weighted by Gasteiger charge is -2.38. The summed E-state index contributed by atoms with van der Waals surface area (Å²) in [5.74, 6) is 0.184. The predicted molar refractivity (Wildman–Crippen MR) is 62.1 cm³/mol. The number of hydrogen-bond donors (Lipinski definition) is 2. The maximum Gasteiger partial charge on any atom is 0.242 e. The van der Waals surface area contributed by atoms with Crippen LogP contribution in [0.1, 0.15) is 39.0 Å². The zero-order chi connectivity index (χ0) is 11.6. The largest absolute Gasteiger partial charge is 0.394 e. The Hall–Kier alpha value is -0.610. The van der Waals surface area contributed by atoms with Crippen LogP contribution < -0.4 is 5.32 Å². The van der Waals surface area contributed by atoms with E-state index in [4.69, 9.17) is 0 Å². The summed E-state index contributed by atoms with van der Waals surface area (Å²) < 4.78 is 0. The molecule has 0 aromatic heterocycles. The fraction of sp³-hybridized carbons (Fsp3) is 0.917. The molecule has 0 saturated carbocycles. The van der Waals surface area contributed by atoms with E-state index in [0.717, 1.165) is 45.2 Å². The van der Waals surface area contributed by atoms with Crippen molar-refractivity contribution in [2.45, 2.75) is 50.6 Å². The second-order valence-electron chi connectivity index (χ2n) is 5.19. The van der Waals surface area contributed by atoms with Crippen LogP contribution in [-0.2, 0) is 4.79 Å². The zero-order valence-corrected chi connectivity index (χ0v) is 10.0. The number of nitrogens with zero attached hydrogens (tertiary/aromatic N) is 1. The Morgan fingerprint density at radius 2 is 2.31 bits per heavy atom. The molecule has 2 rings (SSSR count). The van der Waals surface area contributed by atoms with E-state index in [2.05, 4.69) is 5.32 Å². The highest BCUT2D eigenvalue weighted by molar-refractivity contribution is 5.86. The van der Waals surface area contributed by atoms with Crippen molar-refractivity contribution < 1.29 is 9.90 Å². The standard InChI is InChI=1S/C12H22N2O2/c1-12(6-2-3-7-13-12)11(16)14-8-4-5-10(14)9-15/h10,13,15H,2-9H2,1H3/t10-,12?/m0/s1. The molecule has 2 aliphatic rings. The van der Waals surface area contributed by atoms with Gasteiger partial charge in [0.05, 0.1) is 18.2 Å². The van der Waals surface area contributed by atoms with Crippen molar-refractivity contribution in [1.82, 2.24) is 10.2 Å². The van der Waals surface area contributed by atoms with Gasteiger partial charge in [0, 0.05) is 6.54 Å². The third-order valence-electron chi connectivity index (χ3n) is 3.94. The quantitative estimate of drug-likeness (QED) is 0.721. The molecule has 2 saturated heterocycles. The molecular weight excluding hydrogens is 204 g/mol. The van der Waals surface area contributed by atoms with Gasteiger partial charge in [-0.1, -0.05) is 0 Å². The molecule has 0 bridgehead atoms. The Bertz CT molecular complexity index is 262. The van der Waals surface area contributed by atoms with E-state index < -0.39 is 5.54 Å². The second kappa shape index (κ2) is 4.72. The van der Waals surface area contributed by atoms with E-state index in [1.165, 1.54) is 0 Å². The van der Waals surface area contributed by atoms with Gasteiger partial charge in [-0.15, -0.1) is 0 Å². The number of amides is 1. The molecule has 0 radical (unpaired) electrons. The molecule has 2 fully saturated rings. The summed E-state index contributed by atoms with van der Waals surface area (Å²) >= 11 is 0. The molecule has 2 heterocycles. The van der Waals surface area contributed by atoms with Gasteiger partial charge in [-0.05, 0) is 45.6 Å². The first kappa shape index (κ1) is 11.9. The molecule has 0 aliphatic carbocycles. The molecule has 0 aromatic rings. The van der Waals surface area contributed by atoms with Gasteiger partial charge in [0.25, 0.3) is 0 Å². The minimum atomic E-state index is -0.393. The summed E-state index contributed by atoms with van der Waals surface area (Å²) in [6.45, 7) is 3.84. The fourth-order valence-electron chi connectivity index (χ4n) is 2.85. The van der Waals surface area contributed by atoms with Crippen LogP contribution in [0.2, 0.25) is 0 Å². The van der Waals surface area contributed by atoms with Crippen LogP contribution in [-0.4, -0.2) is 47.2 Å². The molecule has 2 N–H and O–H groups in total. The summed E-state index contributed by atoms with van der Waals surface area (Å²) in [6.07, 6.45) is 5.16. The number of nitrogens with one attached hydrogen (secondary N) is 1. The van der Waals surface area contributed by atoms with Crippen molar-refractivity contribution in [3.05, 3.63) is 0 Å². The molecular formula is C12H22N2O2. The first-order chi connectivity index (χ1) is 7.67. The maximum absolute atomic E-state index is 12.4. The molecule has 16 heavy (non-hydrogen) atoms. The number of aliphatic hydroxyl groups is 1. The summed E-state index contributed by atoms with van der Waals surface area (Å²) in [5, 5.41) is 12.6. The Kier molecular flexibility index (Phi) is 3.50. The van der Waals surface area contributed by atoms with Crippen molar-refractivity contribution in [2.75, 3.05) is 19.7 Å². The smallest absolute Gasteiger partial charge is 0.242 e. The van der Waals surface area contributed by atoms with Crippen LogP contribution in [0, 0.1) is 0 Å². The average molecular weight is 226 g/mol. The van der Waals surface area contributed by atoms with Crippen LogP contribution in [0.15, 0.2) is 0 Å². The Balaban J connectivity index is 2.05. The third-order valence-corrected chi connectivity index (χ3v) is 3.94. The lowest BCUT2D eigenvalue weighted by Crippen LogP contribution is -2.59. The van der Waals surface area contributed by atoms with E-state index in [1.54, 1.807) is 0 Å². The van der Waals surface area contributed by atoms with Gasteiger partial charge in [0.1, 0.15) is 0 Å². The van der Waals surface area contributed by atoms with E-state index >= 15 is 0 Å². The highest BCUT2D eigenvalue weighted by Gasteiger charge is 2.40. The van der Waals surface area contributed by atoms with Crippen molar-refractivity contribution in [3.63, 3.8) is 0 Å². The summed E-state index contributed by atoms with van der Waals surface area (Å²) in [5.41, 5.74) is -0.393. The molecule has 4 nitrogen and oxygen atoms in total. The van der Waals surface area contributed by atoms with Crippen LogP contribution in [0.5, 0.6) is 0 Å². The van der Waals surface area contributed by atoms with E-state index in [-0.39, 0.29) is 18.6 Å². The van der Waals surface area contributed by atoms with Crippen molar-refractivity contribution >= 4 is 5.91 Å². The topological polar surface area (TPSA) is 52.6 Å². The lowest BCUT2D eigenvalue weighted by atomic mass is 9.89. The molecule has 0 spiro atoms. The van der Waals surface area contributed by atoms with Crippen LogP contribution >= 0.6 is 0 Å². The van der Waals surface area contributed by atoms with Gasteiger partial charge < -0.3 is 15.3 Å². The Labute approximate surface area is 97.0 Å². The van der Waals surface area contributed by atoms with Gasteiger partial charge >= 0.3 is 0 Å². The highest BCUT2D eigenvalue weighted by Crippen LogP contribution is 2.26. The number of hydrogen-bond acceptors (Lipinski definition) is 3. The van der Waals surface area contributed by atoms with Crippen molar-refractivity contribution in [3.8, 4) is 0 Å². The van der Waals surface area contributed by atoms with Gasteiger partial charge in [-0.25, -0.2) is 0 Å². The number of carbonyl (C=O) groups is 1. The van der Waals surface area contributed by atoms with Crippen molar-refractivity contribution in [1.29, 1.82) is 0 Å². The van der Waals surface area contributed by atoms with E-state index in [0.29, 0.717) is 0 Å². The highest BCUT2D eigenvalue weighted by atomic mass is 16.3. The van der Waals surface area contributed by atoms with E-state index in [9.17, 15) is 9.90 Å². The first-order valence-electron chi connectivity index (χ1n) is 6.34. The third kappa shape index (κ3) is 2.09. The maximum atomic E-state index is 12.4. The van der Waals surface area contributed by atoms with Crippen LogP contribution in [0.25, 0.3) is 0 Å². The average Bonchev–Trinajstić information content (AvgIpc) is 2.77. The van der Waals surface area contributed by atoms with Crippen LogP contribution in [0.3, 0.4) is 0 Å². The zero-order valence-electron chi connectivity index (χ0n) is 10.0. The minimum absolute atomic E-state index is 0.0491. The lowest BCUT2D eigenvalue weighted by molar-refractivity contribution is -0.140. The normalized spacial score (nSPS) is 35.4. The number of carbonyl (C=O) groups excluding carboxylic acids is 1. The minimum Gasteiger partial charge on any atom is -0.394 e. The van der Waals surface area contributed by atoms with Gasteiger partial charge in [0.15, 0.2) is 0 Å². The Morgan fingerprint density at radius 3 is 2.94 bits per heavy atom. The number of likely N-dealkylation sites (tertiary alicyclic amines) is 1. The Morgan fingerprint density at radius 1 is 1.50 bits per heavy atom. The number of piperidine rings is 1. The molecule has 92 valence electrons. The molecule has 0 aromatic carbocycles. The monoisotopic (exact) mass is 226 g/mol.